The summed E-state index contributed by atoms with van der Waals surface area (Å²) >= 11 is 0. The van der Waals surface area contributed by atoms with E-state index in [0.29, 0.717) is 22.7 Å². The summed E-state index contributed by atoms with van der Waals surface area (Å²) in [6.07, 6.45) is 12.8. The van der Waals surface area contributed by atoms with Crippen molar-refractivity contribution in [2.45, 2.75) is 65.7 Å². The molecule has 2 nitrogen and oxygen atoms in total. The molecule has 3 fully saturated rings. The van der Waals surface area contributed by atoms with Gasteiger partial charge in [0.25, 0.3) is 0 Å². The van der Waals surface area contributed by atoms with Crippen molar-refractivity contribution in [2.75, 3.05) is 0 Å². The molecule has 4 aliphatic rings. The standard InChI is InChI=1S/C20H28O2/c1-13(2)14-7-10-19-12-20(19)9-4-8-18(3,17(21)22)16(20)6-5-15(19)11-14/h7,11,13,16H,4-6,8-10,12H2,1-3H3,(H,21,22). The summed E-state index contributed by atoms with van der Waals surface area (Å²) in [7, 11) is 0. The first-order chi connectivity index (χ1) is 10.4. The first-order valence-corrected chi connectivity index (χ1v) is 9.00. The molecule has 0 saturated heterocycles. The minimum absolute atomic E-state index is 0.307. The summed E-state index contributed by atoms with van der Waals surface area (Å²) in [6.45, 7) is 6.58. The maximum Gasteiger partial charge on any atom is 0.309 e. The first-order valence-electron chi connectivity index (χ1n) is 9.00. The molecule has 0 aliphatic heterocycles. The molecule has 0 aromatic carbocycles. The van der Waals surface area contributed by atoms with Gasteiger partial charge in [0.05, 0.1) is 5.41 Å². The van der Waals surface area contributed by atoms with E-state index in [0.717, 1.165) is 25.7 Å². The Labute approximate surface area is 133 Å². The SMILES string of the molecule is CC(C)C1=CCC23CC24CCCC(C)(C(=O)O)C4CCC3=C1. The lowest BCUT2D eigenvalue weighted by Gasteiger charge is -2.50. The van der Waals surface area contributed by atoms with Crippen molar-refractivity contribution in [1.82, 2.24) is 0 Å². The summed E-state index contributed by atoms with van der Waals surface area (Å²) in [4.78, 5) is 12.0. The van der Waals surface area contributed by atoms with Gasteiger partial charge in [-0.25, -0.2) is 0 Å². The van der Waals surface area contributed by atoms with Gasteiger partial charge in [-0.1, -0.05) is 38.0 Å². The van der Waals surface area contributed by atoms with E-state index >= 15 is 0 Å². The van der Waals surface area contributed by atoms with Crippen molar-refractivity contribution in [3.63, 3.8) is 0 Å². The molecule has 1 N–H and O–H groups in total. The molecule has 0 amide bonds. The van der Waals surface area contributed by atoms with Gasteiger partial charge in [-0.2, -0.15) is 0 Å². The Balaban J connectivity index is 1.72. The normalized spacial score (nSPS) is 46.1. The van der Waals surface area contributed by atoms with Crippen molar-refractivity contribution in [1.29, 1.82) is 0 Å². The van der Waals surface area contributed by atoms with Crippen molar-refractivity contribution < 1.29 is 9.90 Å². The number of carboxylic acid groups (broad SMARTS) is 1. The third kappa shape index (κ3) is 1.54. The number of hydrogen-bond donors (Lipinski definition) is 1. The van der Waals surface area contributed by atoms with Gasteiger partial charge in [-0.3, -0.25) is 4.79 Å². The molecule has 0 radical (unpaired) electrons. The van der Waals surface area contributed by atoms with E-state index in [1.54, 1.807) is 5.57 Å². The van der Waals surface area contributed by atoms with E-state index in [2.05, 4.69) is 26.0 Å². The van der Waals surface area contributed by atoms with E-state index < -0.39 is 11.4 Å². The number of carbonyl (C=O) groups is 1. The van der Waals surface area contributed by atoms with Crippen LogP contribution in [0.2, 0.25) is 0 Å². The van der Waals surface area contributed by atoms with Crippen LogP contribution in [0.1, 0.15) is 65.7 Å². The van der Waals surface area contributed by atoms with Crippen LogP contribution < -0.4 is 0 Å². The fourth-order valence-electron chi connectivity index (χ4n) is 6.40. The number of allylic oxidation sites excluding steroid dienone is 4. The Morgan fingerprint density at radius 2 is 2.14 bits per heavy atom. The van der Waals surface area contributed by atoms with Gasteiger partial charge in [0, 0.05) is 5.41 Å². The third-order valence-electron chi connectivity index (χ3n) is 7.70. The molecule has 22 heavy (non-hydrogen) atoms. The van der Waals surface area contributed by atoms with Crippen LogP contribution >= 0.6 is 0 Å². The van der Waals surface area contributed by atoms with E-state index in [1.807, 2.05) is 6.92 Å². The van der Waals surface area contributed by atoms with Crippen molar-refractivity contribution >= 4 is 5.97 Å². The van der Waals surface area contributed by atoms with Crippen LogP contribution in [0, 0.1) is 28.1 Å². The number of rotatable bonds is 2. The van der Waals surface area contributed by atoms with Gasteiger partial charge in [-0.05, 0) is 68.3 Å². The predicted molar refractivity (Wildman–Crippen MR) is 87.4 cm³/mol. The van der Waals surface area contributed by atoms with E-state index in [-0.39, 0.29) is 0 Å². The molecular weight excluding hydrogens is 272 g/mol. The Morgan fingerprint density at radius 1 is 1.36 bits per heavy atom. The van der Waals surface area contributed by atoms with Gasteiger partial charge in [0.2, 0.25) is 0 Å². The molecule has 0 aromatic rings. The van der Waals surface area contributed by atoms with Gasteiger partial charge in [0.1, 0.15) is 0 Å². The summed E-state index contributed by atoms with van der Waals surface area (Å²) < 4.78 is 0. The molecule has 0 aromatic heterocycles. The lowest BCUT2D eigenvalue weighted by atomic mass is 9.53. The lowest BCUT2D eigenvalue weighted by molar-refractivity contribution is -0.158. The van der Waals surface area contributed by atoms with Crippen molar-refractivity contribution in [3.05, 3.63) is 23.3 Å². The van der Waals surface area contributed by atoms with Crippen LogP contribution in [0.5, 0.6) is 0 Å². The quantitative estimate of drug-likeness (QED) is 0.782. The number of hydrogen-bond acceptors (Lipinski definition) is 1. The van der Waals surface area contributed by atoms with E-state index in [1.165, 1.54) is 24.8 Å². The zero-order chi connectivity index (χ0) is 15.8. The van der Waals surface area contributed by atoms with Crippen LogP contribution in [0.3, 0.4) is 0 Å². The molecule has 4 rings (SSSR count). The molecule has 3 saturated carbocycles. The van der Waals surface area contributed by atoms with Gasteiger partial charge in [0.15, 0.2) is 0 Å². The van der Waals surface area contributed by atoms with Crippen LogP contribution in [0.15, 0.2) is 23.3 Å². The zero-order valence-electron chi connectivity index (χ0n) is 14.1. The highest BCUT2D eigenvalue weighted by atomic mass is 16.4. The van der Waals surface area contributed by atoms with Crippen LogP contribution in [0.25, 0.3) is 0 Å². The maximum atomic E-state index is 12.0. The van der Waals surface area contributed by atoms with E-state index in [9.17, 15) is 9.90 Å². The molecule has 2 heteroatoms. The molecule has 0 bridgehead atoms. The third-order valence-corrected chi connectivity index (χ3v) is 7.70. The van der Waals surface area contributed by atoms with Crippen molar-refractivity contribution in [3.8, 4) is 0 Å². The molecule has 4 atom stereocenters. The maximum absolute atomic E-state index is 12.0. The Bertz CT molecular complexity index is 599. The molecule has 4 aliphatic carbocycles. The van der Waals surface area contributed by atoms with Crippen LogP contribution in [-0.2, 0) is 4.79 Å². The highest BCUT2D eigenvalue weighted by molar-refractivity contribution is 5.75. The van der Waals surface area contributed by atoms with Gasteiger partial charge >= 0.3 is 5.97 Å². The van der Waals surface area contributed by atoms with Crippen LogP contribution in [-0.4, -0.2) is 11.1 Å². The Hall–Kier alpha value is -1.05. The highest BCUT2D eigenvalue weighted by Crippen LogP contribution is 2.83. The average Bonchev–Trinajstić information content (AvgIpc) is 3.12. The predicted octanol–water partition coefficient (Wildman–Crippen LogP) is 4.96. The Kier molecular flexibility index (Phi) is 2.82. The van der Waals surface area contributed by atoms with Gasteiger partial charge in [-0.15, -0.1) is 0 Å². The second-order valence-electron chi connectivity index (χ2n) is 8.81. The molecule has 2 spiro atoms. The summed E-state index contributed by atoms with van der Waals surface area (Å²) in [5, 5.41) is 9.85. The van der Waals surface area contributed by atoms with Gasteiger partial charge < -0.3 is 5.11 Å². The smallest absolute Gasteiger partial charge is 0.309 e. The monoisotopic (exact) mass is 300 g/mol. The second kappa shape index (κ2) is 4.27. The first kappa shape index (κ1) is 14.5. The molecular formula is C20H28O2. The molecule has 120 valence electrons. The van der Waals surface area contributed by atoms with E-state index in [4.69, 9.17) is 0 Å². The minimum Gasteiger partial charge on any atom is -0.481 e. The minimum atomic E-state index is -0.555. The fourth-order valence-corrected chi connectivity index (χ4v) is 6.40. The van der Waals surface area contributed by atoms with Crippen molar-refractivity contribution in [2.24, 2.45) is 28.1 Å². The zero-order valence-corrected chi connectivity index (χ0v) is 14.1. The topological polar surface area (TPSA) is 37.3 Å². The fraction of sp³-hybridized carbons (Fsp3) is 0.750. The second-order valence-corrected chi connectivity index (χ2v) is 8.81. The largest absolute Gasteiger partial charge is 0.481 e. The summed E-state index contributed by atoms with van der Waals surface area (Å²) in [6, 6.07) is 0. The molecule has 0 heterocycles. The number of carboxylic acids is 1. The lowest BCUT2D eigenvalue weighted by Crippen LogP contribution is -2.48. The number of aliphatic carboxylic acids is 1. The Morgan fingerprint density at radius 3 is 2.82 bits per heavy atom. The average molecular weight is 300 g/mol. The highest BCUT2D eigenvalue weighted by Gasteiger charge is 2.76. The summed E-state index contributed by atoms with van der Waals surface area (Å²) in [5.74, 6) is 0.436. The summed E-state index contributed by atoms with van der Waals surface area (Å²) in [5.41, 5.74) is 3.31. The van der Waals surface area contributed by atoms with Crippen LogP contribution in [0.4, 0.5) is 0 Å². The molecule has 4 unspecified atom stereocenters.